The van der Waals surface area contributed by atoms with Gasteiger partial charge in [-0.25, -0.2) is 20.0 Å². The number of hydrogen-bond acceptors (Lipinski definition) is 6. The normalized spacial score (nSPS) is 18.4. The molecule has 0 spiro atoms. The molecule has 0 aliphatic heterocycles. The monoisotopic (exact) mass is 453 g/mol. The Hall–Kier alpha value is -2.82. The summed E-state index contributed by atoms with van der Waals surface area (Å²) in [4.78, 5) is 61.9. The van der Waals surface area contributed by atoms with E-state index in [0.29, 0.717) is 36.4 Å². The topological polar surface area (TPSA) is 147 Å². The summed E-state index contributed by atoms with van der Waals surface area (Å²) in [7, 11) is 0. The average Bonchev–Trinajstić information content (AvgIpc) is 2.78. The fourth-order valence-corrected chi connectivity index (χ4v) is 4.11. The lowest BCUT2D eigenvalue weighted by Gasteiger charge is -2.33. The van der Waals surface area contributed by atoms with E-state index in [0.717, 1.165) is 30.7 Å². The Kier molecular flexibility index (Phi) is 9.30. The van der Waals surface area contributed by atoms with Crippen LogP contribution in [0.4, 0.5) is 9.18 Å². The SMILES string of the molecule is CCCC(CCC)C(=O)NCC(=O)C1CCC(N(N)C(=O)n2cc(F)c(=O)[nH]c2=O)CC1. The van der Waals surface area contributed by atoms with Gasteiger partial charge in [0.15, 0.2) is 5.78 Å². The van der Waals surface area contributed by atoms with Crippen molar-refractivity contribution in [3.63, 3.8) is 0 Å². The zero-order valence-corrected chi connectivity index (χ0v) is 18.6. The molecule has 1 aliphatic rings. The quantitative estimate of drug-likeness (QED) is 0.291. The van der Waals surface area contributed by atoms with Gasteiger partial charge in [0, 0.05) is 17.9 Å². The van der Waals surface area contributed by atoms with Crippen LogP contribution in [-0.2, 0) is 9.59 Å². The largest absolute Gasteiger partial charge is 0.349 e. The molecule has 10 nitrogen and oxygen atoms in total. The molecular weight excluding hydrogens is 421 g/mol. The third-order valence-corrected chi connectivity index (χ3v) is 5.95. The first-order valence-corrected chi connectivity index (χ1v) is 11.1. The second-order valence-corrected chi connectivity index (χ2v) is 8.26. The summed E-state index contributed by atoms with van der Waals surface area (Å²) < 4.78 is 13.9. The van der Waals surface area contributed by atoms with Gasteiger partial charge < -0.3 is 5.32 Å². The van der Waals surface area contributed by atoms with E-state index in [1.165, 1.54) is 0 Å². The highest BCUT2D eigenvalue weighted by Crippen LogP contribution is 2.27. The van der Waals surface area contributed by atoms with Gasteiger partial charge in [-0.3, -0.25) is 24.4 Å². The molecule has 32 heavy (non-hydrogen) atoms. The summed E-state index contributed by atoms with van der Waals surface area (Å²) in [6, 6.07) is -1.41. The number of carbonyl (C=O) groups excluding carboxylic acids is 3. The highest BCUT2D eigenvalue weighted by molar-refractivity contribution is 5.88. The smallest absolute Gasteiger partial charge is 0.346 e. The van der Waals surface area contributed by atoms with Crippen LogP contribution in [0.25, 0.3) is 0 Å². The zero-order chi connectivity index (χ0) is 23.8. The number of nitrogens with zero attached hydrogens (tertiary/aromatic N) is 2. The molecule has 0 unspecified atom stereocenters. The molecule has 1 fully saturated rings. The van der Waals surface area contributed by atoms with Gasteiger partial charge in [-0.1, -0.05) is 26.7 Å². The minimum Gasteiger partial charge on any atom is -0.349 e. The molecule has 0 saturated heterocycles. The molecule has 1 aliphatic carbocycles. The van der Waals surface area contributed by atoms with E-state index in [4.69, 9.17) is 5.84 Å². The molecule has 0 atom stereocenters. The van der Waals surface area contributed by atoms with Gasteiger partial charge in [0.2, 0.25) is 11.7 Å². The third-order valence-electron chi connectivity index (χ3n) is 5.95. The first-order valence-electron chi connectivity index (χ1n) is 11.1. The summed E-state index contributed by atoms with van der Waals surface area (Å²) in [6.45, 7) is 4.03. The molecule has 178 valence electrons. The van der Waals surface area contributed by atoms with Gasteiger partial charge in [-0.2, -0.15) is 4.39 Å². The minimum atomic E-state index is -1.28. The highest BCUT2D eigenvalue weighted by atomic mass is 19.1. The molecule has 0 bridgehead atoms. The van der Waals surface area contributed by atoms with Crippen molar-refractivity contribution in [1.82, 2.24) is 19.9 Å². The fourth-order valence-electron chi connectivity index (χ4n) is 4.11. The van der Waals surface area contributed by atoms with E-state index in [2.05, 4.69) is 5.32 Å². The summed E-state index contributed by atoms with van der Waals surface area (Å²) in [5.74, 6) is 4.11. The number of rotatable bonds is 9. The minimum absolute atomic E-state index is 0.0184. The van der Waals surface area contributed by atoms with E-state index < -0.39 is 29.1 Å². The van der Waals surface area contributed by atoms with Crippen molar-refractivity contribution in [3.8, 4) is 0 Å². The van der Waals surface area contributed by atoms with Gasteiger partial charge in [0.1, 0.15) is 0 Å². The maximum atomic E-state index is 13.4. The number of halogens is 1. The van der Waals surface area contributed by atoms with Gasteiger partial charge in [0.05, 0.1) is 12.7 Å². The number of nitrogens with one attached hydrogen (secondary N) is 2. The highest BCUT2D eigenvalue weighted by Gasteiger charge is 2.31. The summed E-state index contributed by atoms with van der Waals surface area (Å²) in [5.41, 5.74) is -2.30. The van der Waals surface area contributed by atoms with E-state index in [-0.39, 0.29) is 30.1 Å². The lowest BCUT2D eigenvalue weighted by Crippen LogP contribution is -2.52. The predicted octanol–water partition coefficient (Wildman–Crippen LogP) is 1.28. The summed E-state index contributed by atoms with van der Waals surface area (Å²) >= 11 is 0. The summed E-state index contributed by atoms with van der Waals surface area (Å²) in [6.07, 6.45) is 5.69. The molecule has 11 heteroatoms. The Bertz CT molecular complexity index is 929. The van der Waals surface area contributed by atoms with Crippen LogP contribution in [0.3, 0.4) is 0 Å². The number of carbonyl (C=O) groups is 3. The zero-order valence-electron chi connectivity index (χ0n) is 18.6. The molecule has 0 radical (unpaired) electrons. The molecule has 4 N–H and O–H groups in total. The lowest BCUT2D eigenvalue weighted by molar-refractivity contribution is -0.130. The van der Waals surface area contributed by atoms with Crippen LogP contribution in [-0.4, -0.2) is 44.9 Å². The van der Waals surface area contributed by atoms with Crippen molar-refractivity contribution in [2.45, 2.75) is 71.3 Å². The molecule has 1 saturated carbocycles. The van der Waals surface area contributed by atoms with Crippen molar-refractivity contribution in [3.05, 3.63) is 32.9 Å². The van der Waals surface area contributed by atoms with Crippen molar-refractivity contribution in [2.75, 3.05) is 6.54 Å². The average molecular weight is 454 g/mol. The third kappa shape index (κ3) is 6.35. The Balaban J connectivity index is 1.88. The fraction of sp³-hybridized carbons (Fsp3) is 0.667. The first kappa shape index (κ1) is 25.4. The molecule has 2 rings (SSSR count). The number of nitrogens with two attached hydrogens (primary N) is 1. The number of aromatic amines is 1. The Labute approximate surface area is 185 Å². The maximum Gasteiger partial charge on any atom is 0.346 e. The molecular formula is C21H32FN5O5. The molecule has 2 amide bonds. The van der Waals surface area contributed by atoms with Crippen molar-refractivity contribution in [1.29, 1.82) is 0 Å². The van der Waals surface area contributed by atoms with Crippen molar-refractivity contribution >= 4 is 17.7 Å². The number of hydrogen-bond donors (Lipinski definition) is 3. The molecule has 1 heterocycles. The number of ketones is 1. The number of H-pyrrole nitrogens is 1. The number of aromatic nitrogens is 2. The standard InChI is InChI=1S/C21H32FN5O5/c1-3-5-14(6-4-2)18(29)24-11-17(28)13-7-9-15(10-8-13)27(23)21(32)26-12-16(22)19(30)25-20(26)31/h12-15H,3-11,23H2,1-2H3,(H,24,29)(H,25,30,31). The van der Waals surface area contributed by atoms with E-state index in [9.17, 15) is 28.4 Å². The van der Waals surface area contributed by atoms with E-state index in [1.807, 2.05) is 13.8 Å². The maximum absolute atomic E-state index is 13.4. The number of Topliss-reactive ketones (excluding diaryl/α,β-unsaturated/α-hetero) is 1. The predicted molar refractivity (Wildman–Crippen MR) is 115 cm³/mol. The van der Waals surface area contributed by atoms with Crippen LogP contribution < -0.4 is 22.4 Å². The second-order valence-electron chi connectivity index (χ2n) is 8.26. The second kappa shape index (κ2) is 11.7. The van der Waals surface area contributed by atoms with Crippen LogP contribution in [0, 0.1) is 17.7 Å². The van der Waals surface area contributed by atoms with Gasteiger partial charge in [-0.15, -0.1) is 0 Å². The van der Waals surface area contributed by atoms with Crippen molar-refractivity contribution < 1.29 is 18.8 Å². The molecule has 1 aromatic heterocycles. The van der Waals surface area contributed by atoms with E-state index in [1.54, 1.807) is 4.98 Å². The van der Waals surface area contributed by atoms with Gasteiger partial charge in [0.25, 0.3) is 5.56 Å². The van der Waals surface area contributed by atoms with Gasteiger partial charge in [-0.05, 0) is 38.5 Å². The first-order chi connectivity index (χ1) is 15.2. The van der Waals surface area contributed by atoms with Crippen LogP contribution in [0.2, 0.25) is 0 Å². The van der Waals surface area contributed by atoms with Gasteiger partial charge >= 0.3 is 11.7 Å². The molecule has 1 aromatic rings. The van der Waals surface area contributed by atoms with Crippen molar-refractivity contribution in [2.24, 2.45) is 17.7 Å². The Morgan fingerprint density at radius 2 is 1.78 bits per heavy atom. The van der Waals surface area contributed by atoms with E-state index >= 15 is 0 Å². The Morgan fingerprint density at radius 3 is 2.34 bits per heavy atom. The van der Waals surface area contributed by atoms with Crippen LogP contribution in [0.1, 0.15) is 65.2 Å². The number of amides is 2. The molecule has 0 aromatic carbocycles. The Morgan fingerprint density at radius 1 is 1.19 bits per heavy atom. The lowest BCUT2D eigenvalue weighted by atomic mass is 9.83. The van der Waals surface area contributed by atoms with Crippen LogP contribution in [0.5, 0.6) is 0 Å². The van der Waals surface area contributed by atoms with Crippen LogP contribution in [0.15, 0.2) is 15.8 Å². The summed E-state index contributed by atoms with van der Waals surface area (Å²) in [5, 5.41) is 3.59. The van der Waals surface area contributed by atoms with Crippen LogP contribution >= 0.6 is 0 Å². The number of hydrazine groups is 1.